The summed E-state index contributed by atoms with van der Waals surface area (Å²) in [5, 5.41) is 15.5. The lowest BCUT2D eigenvalue weighted by Crippen LogP contribution is -2.33. The molecule has 4 rings (SSSR count). The van der Waals surface area contributed by atoms with Gasteiger partial charge >= 0.3 is 5.97 Å². The third-order valence-corrected chi connectivity index (χ3v) is 4.52. The Morgan fingerprint density at radius 2 is 2.08 bits per heavy atom. The molecule has 3 aromatic rings. The van der Waals surface area contributed by atoms with E-state index < -0.39 is 12.0 Å². The molecule has 1 unspecified atom stereocenters. The largest absolute Gasteiger partial charge is 0.467 e. The summed E-state index contributed by atoms with van der Waals surface area (Å²) in [4.78, 5) is 27.8. The van der Waals surface area contributed by atoms with Crippen LogP contribution >= 0.6 is 0 Å². The highest BCUT2D eigenvalue weighted by Gasteiger charge is 2.27. The average molecular weight is 336 g/mol. The fraction of sp³-hybridized carbons (Fsp3) is 0.158. The Hall–Kier alpha value is -3.12. The van der Waals surface area contributed by atoms with E-state index in [-0.39, 0.29) is 12.0 Å². The number of esters is 1. The van der Waals surface area contributed by atoms with E-state index in [2.05, 4.69) is 10.3 Å². The van der Waals surface area contributed by atoms with Crippen LogP contribution in [0.3, 0.4) is 0 Å². The van der Waals surface area contributed by atoms with Gasteiger partial charge in [0, 0.05) is 22.5 Å². The Kier molecular flexibility index (Phi) is 3.54. The molecular weight excluding hydrogens is 320 g/mol. The number of carbonyl (C=O) groups is 1. The number of H-pyrrole nitrogens is 1. The molecule has 25 heavy (non-hydrogen) atoms. The molecule has 0 saturated heterocycles. The van der Waals surface area contributed by atoms with E-state index in [9.17, 15) is 14.7 Å². The van der Waals surface area contributed by atoms with Crippen LogP contribution in [0.15, 0.2) is 47.4 Å². The maximum absolute atomic E-state index is 12.6. The molecule has 2 aromatic carbocycles. The van der Waals surface area contributed by atoms with E-state index in [0.29, 0.717) is 16.8 Å². The topological polar surface area (TPSA) is 91.4 Å². The number of aromatic nitrogens is 1. The SMILES string of the molecule is COC(=O)C1C=C(CO)c2c(c3cc4cc[nH]c4cc3ccc2=O)N1. The van der Waals surface area contributed by atoms with E-state index in [4.69, 9.17) is 4.74 Å². The van der Waals surface area contributed by atoms with Gasteiger partial charge in [-0.2, -0.15) is 0 Å². The first-order valence-corrected chi connectivity index (χ1v) is 7.87. The van der Waals surface area contributed by atoms with Gasteiger partial charge in [0.05, 0.1) is 25.0 Å². The molecule has 0 amide bonds. The van der Waals surface area contributed by atoms with Gasteiger partial charge in [0.1, 0.15) is 6.04 Å². The Bertz CT molecular complexity index is 1100. The van der Waals surface area contributed by atoms with Crippen LogP contribution < -0.4 is 10.7 Å². The van der Waals surface area contributed by atoms with Crippen LogP contribution in [-0.2, 0) is 9.53 Å². The molecule has 3 N–H and O–H groups in total. The van der Waals surface area contributed by atoms with Crippen molar-refractivity contribution in [3.63, 3.8) is 0 Å². The molecule has 126 valence electrons. The van der Waals surface area contributed by atoms with Gasteiger partial charge < -0.3 is 20.1 Å². The summed E-state index contributed by atoms with van der Waals surface area (Å²) in [6.07, 6.45) is 3.38. The van der Waals surface area contributed by atoms with Crippen LogP contribution in [0.2, 0.25) is 0 Å². The minimum absolute atomic E-state index is 0.217. The second-order valence-electron chi connectivity index (χ2n) is 5.95. The van der Waals surface area contributed by atoms with E-state index in [1.165, 1.54) is 19.3 Å². The number of aromatic amines is 1. The number of hydrogen-bond donors (Lipinski definition) is 3. The fourth-order valence-corrected chi connectivity index (χ4v) is 3.31. The molecule has 0 bridgehead atoms. The zero-order valence-electron chi connectivity index (χ0n) is 13.5. The number of fused-ring (bicyclic) bond motifs is 4. The van der Waals surface area contributed by atoms with Gasteiger partial charge in [0.25, 0.3) is 0 Å². The molecule has 6 nitrogen and oxygen atoms in total. The zero-order chi connectivity index (χ0) is 17.6. The summed E-state index contributed by atoms with van der Waals surface area (Å²) in [5.41, 5.74) is 2.08. The van der Waals surface area contributed by atoms with E-state index in [1.54, 1.807) is 6.07 Å². The smallest absolute Gasteiger partial charge is 0.332 e. The van der Waals surface area contributed by atoms with E-state index >= 15 is 0 Å². The second-order valence-corrected chi connectivity index (χ2v) is 5.95. The molecule has 0 spiro atoms. The van der Waals surface area contributed by atoms with Crippen LogP contribution in [0.1, 0.15) is 5.56 Å². The van der Waals surface area contributed by atoms with Crippen molar-refractivity contribution >= 4 is 38.9 Å². The lowest BCUT2D eigenvalue weighted by Gasteiger charge is -2.23. The van der Waals surface area contributed by atoms with Crippen molar-refractivity contribution in [1.82, 2.24) is 4.98 Å². The molecule has 1 aromatic heterocycles. The van der Waals surface area contributed by atoms with Crippen LogP contribution in [0.4, 0.5) is 5.69 Å². The zero-order valence-corrected chi connectivity index (χ0v) is 13.5. The van der Waals surface area contributed by atoms with Crippen molar-refractivity contribution in [1.29, 1.82) is 0 Å². The molecule has 2 heterocycles. The Morgan fingerprint density at radius 3 is 2.84 bits per heavy atom. The van der Waals surface area contributed by atoms with Crippen molar-refractivity contribution in [2.75, 3.05) is 19.0 Å². The first-order chi connectivity index (χ1) is 12.1. The van der Waals surface area contributed by atoms with Crippen LogP contribution in [0, 0.1) is 0 Å². The number of methoxy groups -OCH3 is 1. The summed E-state index contributed by atoms with van der Waals surface area (Å²) < 4.78 is 4.81. The summed E-state index contributed by atoms with van der Waals surface area (Å²) in [6.45, 7) is -0.338. The van der Waals surface area contributed by atoms with Crippen molar-refractivity contribution in [2.45, 2.75) is 6.04 Å². The third-order valence-electron chi connectivity index (χ3n) is 4.52. The molecule has 1 atom stereocenters. The molecule has 1 aliphatic heterocycles. The standard InChI is InChI=1S/C19H16N2O4/c1-25-19(24)15-8-12(9-22)17-16(23)3-2-10-7-14-11(4-5-20-14)6-13(10)18(17)21-15/h2-8,15,20-22H,9H2,1H3. The van der Waals surface area contributed by atoms with Gasteiger partial charge in [-0.05, 0) is 41.3 Å². The Labute approximate surface area is 142 Å². The van der Waals surface area contributed by atoms with Crippen molar-refractivity contribution in [3.8, 4) is 0 Å². The molecule has 0 aliphatic carbocycles. The van der Waals surface area contributed by atoms with Gasteiger partial charge in [-0.25, -0.2) is 4.79 Å². The van der Waals surface area contributed by atoms with Gasteiger partial charge in [-0.3, -0.25) is 4.79 Å². The summed E-state index contributed by atoms with van der Waals surface area (Å²) in [5.74, 6) is -0.480. The minimum atomic E-state index is -0.758. The number of anilines is 1. The quantitative estimate of drug-likeness (QED) is 0.623. The minimum Gasteiger partial charge on any atom is -0.467 e. The lowest BCUT2D eigenvalue weighted by molar-refractivity contribution is -0.140. The average Bonchev–Trinajstić information content (AvgIpc) is 3.05. The highest BCUT2D eigenvalue weighted by atomic mass is 16.5. The molecule has 0 saturated carbocycles. The number of nitrogens with one attached hydrogen (secondary N) is 2. The van der Waals surface area contributed by atoms with E-state index in [0.717, 1.165) is 21.7 Å². The third kappa shape index (κ3) is 2.38. The molecule has 6 heteroatoms. The number of ether oxygens (including phenoxy) is 1. The monoisotopic (exact) mass is 336 g/mol. The fourth-order valence-electron chi connectivity index (χ4n) is 3.31. The molecule has 0 fully saturated rings. The summed E-state index contributed by atoms with van der Waals surface area (Å²) in [6, 6.07) is 8.33. The van der Waals surface area contributed by atoms with Crippen molar-refractivity contribution in [2.24, 2.45) is 0 Å². The number of benzene rings is 1. The Balaban J connectivity index is 2.10. The maximum Gasteiger partial charge on any atom is 0.332 e. The molecule has 0 radical (unpaired) electrons. The van der Waals surface area contributed by atoms with Gasteiger partial charge in [-0.1, -0.05) is 6.07 Å². The predicted molar refractivity (Wildman–Crippen MR) is 96.6 cm³/mol. The van der Waals surface area contributed by atoms with Crippen LogP contribution in [0.5, 0.6) is 0 Å². The van der Waals surface area contributed by atoms with Crippen molar-refractivity contribution in [3.05, 3.63) is 58.4 Å². The van der Waals surface area contributed by atoms with Gasteiger partial charge in [-0.15, -0.1) is 0 Å². The Morgan fingerprint density at radius 1 is 1.24 bits per heavy atom. The number of rotatable bonds is 2. The first kappa shape index (κ1) is 15.4. The van der Waals surface area contributed by atoms with E-state index in [1.807, 2.05) is 24.4 Å². The summed E-state index contributed by atoms with van der Waals surface area (Å²) in [7, 11) is 1.30. The highest BCUT2D eigenvalue weighted by molar-refractivity contribution is 6.07. The number of aliphatic hydroxyl groups excluding tert-OH is 1. The maximum atomic E-state index is 12.6. The van der Waals surface area contributed by atoms with Gasteiger partial charge in [0.2, 0.25) is 0 Å². The predicted octanol–water partition coefficient (Wildman–Crippen LogP) is 2.02. The number of hydrogen-bond acceptors (Lipinski definition) is 5. The summed E-state index contributed by atoms with van der Waals surface area (Å²) >= 11 is 0. The van der Waals surface area contributed by atoms with Crippen LogP contribution in [0.25, 0.3) is 27.2 Å². The normalized spacial score (nSPS) is 16.2. The molecule has 1 aliphatic rings. The second kappa shape index (κ2) is 5.75. The van der Waals surface area contributed by atoms with Gasteiger partial charge in [0.15, 0.2) is 5.43 Å². The number of aliphatic hydroxyl groups is 1. The highest BCUT2D eigenvalue weighted by Crippen LogP contribution is 2.34. The number of carbonyl (C=O) groups excluding carboxylic acids is 1. The first-order valence-electron chi connectivity index (χ1n) is 7.87. The van der Waals surface area contributed by atoms with Crippen LogP contribution in [-0.4, -0.2) is 35.8 Å². The lowest BCUT2D eigenvalue weighted by atomic mass is 9.96. The molecular formula is C19H16N2O4. The van der Waals surface area contributed by atoms with Crippen molar-refractivity contribution < 1.29 is 14.6 Å².